The van der Waals surface area contributed by atoms with Gasteiger partial charge in [-0.3, -0.25) is 14.5 Å². The van der Waals surface area contributed by atoms with Gasteiger partial charge < -0.3 is 5.32 Å². The predicted molar refractivity (Wildman–Crippen MR) is 84.3 cm³/mol. The van der Waals surface area contributed by atoms with Gasteiger partial charge in [-0.05, 0) is 55.7 Å². The van der Waals surface area contributed by atoms with Gasteiger partial charge in [0.25, 0.3) is 0 Å². The summed E-state index contributed by atoms with van der Waals surface area (Å²) >= 11 is 6.10. The third-order valence-electron chi connectivity index (χ3n) is 5.63. The number of anilines is 1. The summed E-state index contributed by atoms with van der Waals surface area (Å²) in [5.41, 5.74) is 1.84. The van der Waals surface area contributed by atoms with Crippen LogP contribution in [-0.4, -0.2) is 23.4 Å². The zero-order chi connectivity index (χ0) is 15.4. The van der Waals surface area contributed by atoms with E-state index in [4.69, 9.17) is 11.6 Å². The number of hydrogen-bond acceptors (Lipinski definition) is 3. The SMILES string of the molecule is Cc1ccc(NCN2C(=O)[C@@H]3[C@@H]4CC[C@H](C4)[C@@H]3C2=O)cc1Cl. The predicted octanol–water partition coefficient (Wildman–Crippen LogP) is 3.05. The first-order valence-corrected chi connectivity index (χ1v) is 8.29. The van der Waals surface area contributed by atoms with Gasteiger partial charge in [-0.25, -0.2) is 0 Å². The maximum absolute atomic E-state index is 12.6. The summed E-state index contributed by atoms with van der Waals surface area (Å²) in [6.45, 7) is 2.18. The van der Waals surface area contributed by atoms with Crippen LogP contribution in [0.25, 0.3) is 0 Å². The molecule has 1 N–H and O–H groups in total. The summed E-state index contributed by atoms with van der Waals surface area (Å²) in [7, 11) is 0. The number of amides is 2. The number of likely N-dealkylation sites (tertiary alicyclic amines) is 1. The second kappa shape index (κ2) is 4.98. The molecule has 1 aliphatic heterocycles. The molecule has 1 aromatic rings. The molecule has 2 aliphatic carbocycles. The molecule has 1 heterocycles. The molecule has 2 saturated carbocycles. The number of nitrogens with one attached hydrogen (secondary N) is 1. The van der Waals surface area contributed by atoms with Crippen molar-refractivity contribution in [3.63, 3.8) is 0 Å². The largest absolute Gasteiger partial charge is 0.367 e. The summed E-state index contributed by atoms with van der Waals surface area (Å²) < 4.78 is 0. The Morgan fingerprint density at radius 1 is 1.18 bits per heavy atom. The Bertz CT molecular complexity index is 632. The number of fused-ring (bicyclic) bond motifs is 5. The van der Waals surface area contributed by atoms with E-state index < -0.39 is 0 Å². The van der Waals surface area contributed by atoms with E-state index in [-0.39, 0.29) is 30.3 Å². The zero-order valence-electron chi connectivity index (χ0n) is 12.5. The highest BCUT2D eigenvalue weighted by Gasteiger charge is 2.60. The molecular formula is C17H19ClN2O2. The summed E-state index contributed by atoms with van der Waals surface area (Å²) in [6, 6.07) is 5.66. The van der Waals surface area contributed by atoms with E-state index in [2.05, 4.69) is 5.32 Å². The number of halogens is 1. The van der Waals surface area contributed by atoms with Crippen molar-refractivity contribution in [2.75, 3.05) is 12.0 Å². The van der Waals surface area contributed by atoms with E-state index >= 15 is 0 Å². The van der Waals surface area contributed by atoms with Crippen LogP contribution in [0.1, 0.15) is 24.8 Å². The fourth-order valence-electron chi connectivity index (χ4n) is 4.50. The Hall–Kier alpha value is -1.55. The molecule has 3 aliphatic rings. The van der Waals surface area contributed by atoms with Crippen LogP contribution in [-0.2, 0) is 9.59 Å². The average molecular weight is 319 g/mol. The van der Waals surface area contributed by atoms with Gasteiger partial charge in [0.2, 0.25) is 11.8 Å². The van der Waals surface area contributed by atoms with E-state index in [1.54, 1.807) is 0 Å². The van der Waals surface area contributed by atoms with Crippen molar-refractivity contribution >= 4 is 29.1 Å². The molecule has 1 aromatic carbocycles. The monoisotopic (exact) mass is 318 g/mol. The molecule has 0 radical (unpaired) electrons. The maximum Gasteiger partial charge on any atom is 0.234 e. The summed E-state index contributed by atoms with van der Waals surface area (Å²) in [5, 5.41) is 3.83. The van der Waals surface area contributed by atoms with Gasteiger partial charge in [-0.2, -0.15) is 0 Å². The van der Waals surface area contributed by atoms with Crippen LogP contribution in [0.4, 0.5) is 5.69 Å². The van der Waals surface area contributed by atoms with Crippen molar-refractivity contribution in [1.82, 2.24) is 4.90 Å². The van der Waals surface area contributed by atoms with Crippen LogP contribution in [0.2, 0.25) is 5.02 Å². The standard InChI is InChI=1S/C17H19ClN2O2/c1-9-2-5-12(7-13(9)18)19-8-20-16(21)14-10-3-4-11(6-10)15(14)17(20)22/h2,5,7,10-11,14-15,19H,3-4,6,8H2,1H3/t10-,11-,14-,15+/m1/s1. The minimum absolute atomic E-state index is 0.0212. The number of aryl methyl sites for hydroxylation is 1. The Labute approximate surface area is 134 Å². The van der Waals surface area contributed by atoms with Gasteiger partial charge >= 0.3 is 0 Å². The van der Waals surface area contributed by atoms with Crippen molar-refractivity contribution in [3.8, 4) is 0 Å². The Kier molecular flexibility index (Phi) is 3.19. The minimum atomic E-state index is -0.0466. The first kappa shape index (κ1) is 14.1. The van der Waals surface area contributed by atoms with Crippen LogP contribution < -0.4 is 5.32 Å². The van der Waals surface area contributed by atoms with E-state index in [1.165, 1.54) is 4.90 Å². The fraction of sp³-hybridized carbons (Fsp3) is 0.529. The van der Waals surface area contributed by atoms with Crippen LogP contribution in [0, 0.1) is 30.6 Å². The molecule has 2 bridgehead atoms. The molecule has 0 aromatic heterocycles. The maximum atomic E-state index is 12.6. The highest BCUT2D eigenvalue weighted by molar-refractivity contribution is 6.31. The molecule has 0 spiro atoms. The van der Waals surface area contributed by atoms with Gasteiger partial charge in [0.05, 0.1) is 18.5 Å². The number of nitrogens with zero attached hydrogens (tertiary/aromatic N) is 1. The topological polar surface area (TPSA) is 49.4 Å². The van der Waals surface area contributed by atoms with Gasteiger partial charge in [0, 0.05) is 10.7 Å². The second-order valence-corrected chi connectivity index (χ2v) is 7.20. The highest BCUT2D eigenvalue weighted by atomic mass is 35.5. The van der Waals surface area contributed by atoms with E-state index in [1.807, 2.05) is 25.1 Å². The van der Waals surface area contributed by atoms with Gasteiger partial charge in [0.15, 0.2) is 0 Å². The van der Waals surface area contributed by atoms with Crippen LogP contribution >= 0.6 is 11.6 Å². The lowest BCUT2D eigenvalue weighted by Gasteiger charge is -2.19. The average Bonchev–Trinajstić information content (AvgIpc) is 3.16. The molecule has 116 valence electrons. The second-order valence-electron chi connectivity index (χ2n) is 6.79. The summed E-state index contributed by atoms with van der Waals surface area (Å²) in [4.78, 5) is 26.5. The summed E-state index contributed by atoms with van der Waals surface area (Å²) in [6.07, 6.45) is 3.29. The van der Waals surface area contributed by atoms with E-state index in [0.717, 1.165) is 30.5 Å². The van der Waals surface area contributed by atoms with Crippen molar-refractivity contribution in [2.45, 2.75) is 26.2 Å². The minimum Gasteiger partial charge on any atom is -0.367 e. The molecule has 22 heavy (non-hydrogen) atoms. The van der Waals surface area contributed by atoms with Crippen molar-refractivity contribution in [3.05, 3.63) is 28.8 Å². The Morgan fingerprint density at radius 2 is 1.82 bits per heavy atom. The number of hydrogen-bond donors (Lipinski definition) is 1. The Balaban J connectivity index is 1.48. The molecule has 4 nitrogen and oxygen atoms in total. The molecule has 4 atom stereocenters. The van der Waals surface area contributed by atoms with Crippen LogP contribution in [0.3, 0.4) is 0 Å². The molecule has 4 rings (SSSR count). The van der Waals surface area contributed by atoms with Crippen LogP contribution in [0.5, 0.6) is 0 Å². The molecular weight excluding hydrogens is 300 g/mol. The first-order valence-electron chi connectivity index (χ1n) is 7.91. The lowest BCUT2D eigenvalue weighted by molar-refractivity contribution is -0.140. The first-order chi connectivity index (χ1) is 10.6. The molecule has 1 saturated heterocycles. The summed E-state index contributed by atoms with van der Waals surface area (Å²) in [5.74, 6) is 0.820. The number of carbonyl (C=O) groups is 2. The van der Waals surface area contributed by atoms with Gasteiger partial charge in [-0.1, -0.05) is 17.7 Å². The fourth-order valence-corrected chi connectivity index (χ4v) is 4.68. The quantitative estimate of drug-likeness (QED) is 0.871. The van der Waals surface area contributed by atoms with Crippen molar-refractivity contribution in [1.29, 1.82) is 0 Å². The molecule has 5 heteroatoms. The Morgan fingerprint density at radius 3 is 2.41 bits per heavy atom. The molecule has 2 amide bonds. The van der Waals surface area contributed by atoms with E-state index in [9.17, 15) is 9.59 Å². The van der Waals surface area contributed by atoms with Gasteiger partial charge in [0.1, 0.15) is 0 Å². The third kappa shape index (κ3) is 1.97. The molecule has 3 fully saturated rings. The lowest BCUT2D eigenvalue weighted by atomic mass is 9.81. The van der Waals surface area contributed by atoms with E-state index in [0.29, 0.717) is 16.9 Å². The smallest absolute Gasteiger partial charge is 0.234 e. The zero-order valence-corrected chi connectivity index (χ0v) is 13.3. The number of benzene rings is 1. The van der Waals surface area contributed by atoms with Crippen molar-refractivity contribution < 1.29 is 9.59 Å². The third-order valence-corrected chi connectivity index (χ3v) is 6.04. The highest BCUT2D eigenvalue weighted by Crippen LogP contribution is 2.56. The van der Waals surface area contributed by atoms with Crippen molar-refractivity contribution in [2.24, 2.45) is 23.7 Å². The normalized spacial score (nSPS) is 32.7. The lowest BCUT2D eigenvalue weighted by Crippen LogP contribution is -2.36. The number of imide groups is 1. The number of rotatable bonds is 3. The number of carbonyl (C=O) groups excluding carboxylic acids is 2. The molecule has 0 unspecified atom stereocenters. The van der Waals surface area contributed by atoms with Gasteiger partial charge in [-0.15, -0.1) is 0 Å². The van der Waals surface area contributed by atoms with Crippen LogP contribution in [0.15, 0.2) is 18.2 Å².